The maximum Gasteiger partial charge on any atom is 0.165 e. The van der Waals surface area contributed by atoms with E-state index in [0.29, 0.717) is 19.3 Å². The Hall–Kier alpha value is -1.22. The minimum atomic E-state index is 0.548. The third kappa shape index (κ3) is 4.13. The monoisotopic (exact) mass is 263 g/mol. The van der Waals surface area contributed by atoms with Crippen LogP contribution >= 0.6 is 0 Å². The van der Waals surface area contributed by atoms with Crippen molar-refractivity contribution in [1.82, 2.24) is 5.32 Å². The summed E-state index contributed by atoms with van der Waals surface area (Å²) < 4.78 is 11.3. The minimum Gasteiger partial charge on any atom is -0.486 e. The molecule has 1 aliphatic rings. The van der Waals surface area contributed by atoms with Gasteiger partial charge in [-0.1, -0.05) is 38.3 Å². The van der Waals surface area contributed by atoms with E-state index >= 15 is 0 Å². The quantitative estimate of drug-likeness (QED) is 0.764. The van der Waals surface area contributed by atoms with Gasteiger partial charge in [0.25, 0.3) is 0 Å². The molecule has 1 heterocycles. The number of para-hydroxylation sites is 1. The highest BCUT2D eigenvalue weighted by Crippen LogP contribution is 2.33. The Labute approximate surface area is 116 Å². The largest absolute Gasteiger partial charge is 0.486 e. The van der Waals surface area contributed by atoms with Gasteiger partial charge in [0.15, 0.2) is 11.5 Å². The van der Waals surface area contributed by atoms with E-state index in [2.05, 4.69) is 25.2 Å². The van der Waals surface area contributed by atoms with Crippen LogP contribution in [0.2, 0.25) is 0 Å². The molecule has 1 aromatic rings. The van der Waals surface area contributed by atoms with Crippen LogP contribution in [0.3, 0.4) is 0 Å². The highest BCUT2D eigenvalue weighted by Gasteiger charge is 2.15. The highest BCUT2D eigenvalue weighted by atomic mass is 16.6. The molecule has 0 bridgehead atoms. The normalized spacial score (nSPS) is 15.3. The predicted molar refractivity (Wildman–Crippen MR) is 77.9 cm³/mol. The van der Waals surface area contributed by atoms with Gasteiger partial charge in [-0.25, -0.2) is 0 Å². The maximum absolute atomic E-state index is 5.72. The molecule has 0 spiro atoms. The molecule has 1 unspecified atom stereocenters. The van der Waals surface area contributed by atoms with Gasteiger partial charge in [-0.3, -0.25) is 0 Å². The number of ether oxygens (including phenoxy) is 2. The second-order valence-corrected chi connectivity index (χ2v) is 5.22. The van der Waals surface area contributed by atoms with Crippen molar-refractivity contribution in [3.8, 4) is 11.5 Å². The lowest BCUT2D eigenvalue weighted by atomic mass is 10.1. The van der Waals surface area contributed by atoms with Crippen molar-refractivity contribution in [1.29, 1.82) is 0 Å². The Kier molecular flexibility index (Phi) is 5.52. The molecule has 1 N–H and O–H groups in total. The van der Waals surface area contributed by atoms with Gasteiger partial charge in [-0.15, -0.1) is 0 Å². The number of unbranched alkanes of at least 4 members (excludes halogenated alkanes) is 2. The molecule has 0 aromatic heterocycles. The lowest BCUT2D eigenvalue weighted by Gasteiger charge is -2.22. The Balaban J connectivity index is 1.85. The van der Waals surface area contributed by atoms with Crippen molar-refractivity contribution in [2.45, 2.75) is 52.1 Å². The van der Waals surface area contributed by atoms with Crippen LogP contribution in [-0.4, -0.2) is 19.3 Å². The third-order valence-electron chi connectivity index (χ3n) is 3.53. The fourth-order valence-corrected chi connectivity index (χ4v) is 2.36. The summed E-state index contributed by atoms with van der Waals surface area (Å²) in [5.41, 5.74) is 1.19. The van der Waals surface area contributed by atoms with Crippen molar-refractivity contribution in [2.75, 3.05) is 13.2 Å². The first-order valence-corrected chi connectivity index (χ1v) is 7.42. The van der Waals surface area contributed by atoms with Crippen LogP contribution in [0.4, 0.5) is 0 Å². The van der Waals surface area contributed by atoms with Gasteiger partial charge in [0.2, 0.25) is 0 Å². The van der Waals surface area contributed by atoms with Crippen molar-refractivity contribution in [3.63, 3.8) is 0 Å². The molecular formula is C16H25NO2. The topological polar surface area (TPSA) is 30.5 Å². The first-order valence-electron chi connectivity index (χ1n) is 7.42. The maximum atomic E-state index is 5.72. The van der Waals surface area contributed by atoms with E-state index in [1.54, 1.807) is 0 Å². The van der Waals surface area contributed by atoms with Crippen LogP contribution in [0, 0.1) is 0 Å². The molecule has 1 aromatic carbocycles. The van der Waals surface area contributed by atoms with E-state index in [-0.39, 0.29) is 0 Å². The number of rotatable bonds is 7. The van der Waals surface area contributed by atoms with Gasteiger partial charge in [0.1, 0.15) is 13.2 Å². The van der Waals surface area contributed by atoms with Gasteiger partial charge < -0.3 is 14.8 Å². The lowest BCUT2D eigenvalue weighted by molar-refractivity contribution is 0.169. The van der Waals surface area contributed by atoms with Gasteiger partial charge in [0.05, 0.1) is 0 Å². The smallest absolute Gasteiger partial charge is 0.165 e. The predicted octanol–water partition coefficient (Wildman–Crippen LogP) is 3.52. The molecule has 0 radical (unpaired) electrons. The van der Waals surface area contributed by atoms with Crippen molar-refractivity contribution < 1.29 is 9.47 Å². The summed E-state index contributed by atoms with van der Waals surface area (Å²) in [4.78, 5) is 0. The van der Waals surface area contributed by atoms with Gasteiger partial charge in [0, 0.05) is 18.2 Å². The lowest BCUT2D eigenvalue weighted by Crippen LogP contribution is -2.26. The standard InChI is InChI=1S/C16H25NO2/c1-3-4-5-7-13(2)17-12-14-8-6-9-15-16(14)19-11-10-18-15/h6,8-9,13,17H,3-5,7,10-12H2,1-2H3. The van der Waals surface area contributed by atoms with Crippen LogP contribution in [-0.2, 0) is 6.54 Å². The van der Waals surface area contributed by atoms with Crippen LogP contribution in [0.5, 0.6) is 11.5 Å². The number of benzene rings is 1. The molecule has 3 nitrogen and oxygen atoms in total. The molecule has 2 rings (SSSR count). The van der Waals surface area contributed by atoms with E-state index < -0.39 is 0 Å². The number of hydrogen-bond donors (Lipinski definition) is 1. The summed E-state index contributed by atoms with van der Waals surface area (Å²) in [6.45, 7) is 6.64. The van der Waals surface area contributed by atoms with Crippen LogP contribution in [0.1, 0.15) is 45.1 Å². The number of fused-ring (bicyclic) bond motifs is 1. The Morgan fingerprint density at radius 3 is 2.89 bits per heavy atom. The van der Waals surface area contributed by atoms with Gasteiger partial charge >= 0.3 is 0 Å². The van der Waals surface area contributed by atoms with Gasteiger partial charge in [-0.05, 0) is 19.4 Å². The zero-order valence-corrected chi connectivity index (χ0v) is 12.1. The minimum absolute atomic E-state index is 0.548. The van der Waals surface area contributed by atoms with Crippen molar-refractivity contribution in [3.05, 3.63) is 23.8 Å². The molecule has 19 heavy (non-hydrogen) atoms. The van der Waals surface area contributed by atoms with Crippen molar-refractivity contribution >= 4 is 0 Å². The first-order chi connectivity index (χ1) is 9.31. The Bertz CT molecular complexity index is 392. The van der Waals surface area contributed by atoms with E-state index in [0.717, 1.165) is 18.0 Å². The van der Waals surface area contributed by atoms with Crippen molar-refractivity contribution in [2.24, 2.45) is 0 Å². The molecule has 0 aliphatic carbocycles. The second-order valence-electron chi connectivity index (χ2n) is 5.22. The molecule has 1 atom stereocenters. The molecule has 3 heteroatoms. The molecule has 0 saturated heterocycles. The summed E-state index contributed by atoms with van der Waals surface area (Å²) in [5.74, 6) is 1.80. The van der Waals surface area contributed by atoms with Crippen LogP contribution in [0.15, 0.2) is 18.2 Å². The molecule has 1 aliphatic heterocycles. The molecule has 106 valence electrons. The van der Waals surface area contributed by atoms with E-state index in [4.69, 9.17) is 9.47 Å². The average molecular weight is 263 g/mol. The second kappa shape index (κ2) is 7.39. The van der Waals surface area contributed by atoms with E-state index in [9.17, 15) is 0 Å². The third-order valence-corrected chi connectivity index (χ3v) is 3.53. The fourth-order valence-electron chi connectivity index (χ4n) is 2.36. The average Bonchev–Trinajstić information content (AvgIpc) is 2.45. The Morgan fingerprint density at radius 2 is 2.05 bits per heavy atom. The molecule has 0 amide bonds. The van der Waals surface area contributed by atoms with Crippen LogP contribution in [0.25, 0.3) is 0 Å². The molecule has 0 saturated carbocycles. The summed E-state index contributed by atoms with van der Waals surface area (Å²) in [5, 5.41) is 3.57. The summed E-state index contributed by atoms with van der Waals surface area (Å²) in [6, 6.07) is 6.67. The molecular weight excluding hydrogens is 238 g/mol. The SMILES string of the molecule is CCCCCC(C)NCc1cccc2c1OCCO2. The summed E-state index contributed by atoms with van der Waals surface area (Å²) in [7, 11) is 0. The van der Waals surface area contributed by atoms with E-state index in [1.807, 2.05) is 12.1 Å². The number of hydrogen-bond acceptors (Lipinski definition) is 3. The fraction of sp³-hybridized carbons (Fsp3) is 0.625. The zero-order valence-electron chi connectivity index (χ0n) is 12.1. The Morgan fingerprint density at radius 1 is 1.21 bits per heavy atom. The first kappa shape index (κ1) is 14.2. The van der Waals surface area contributed by atoms with Gasteiger partial charge in [-0.2, -0.15) is 0 Å². The zero-order chi connectivity index (χ0) is 13.5. The molecule has 0 fully saturated rings. The van der Waals surface area contributed by atoms with E-state index in [1.165, 1.54) is 31.2 Å². The summed E-state index contributed by atoms with van der Waals surface area (Å²) in [6.07, 6.45) is 5.14. The summed E-state index contributed by atoms with van der Waals surface area (Å²) >= 11 is 0. The highest BCUT2D eigenvalue weighted by molar-refractivity contribution is 5.47. The van der Waals surface area contributed by atoms with Crippen LogP contribution < -0.4 is 14.8 Å². The number of nitrogens with one attached hydrogen (secondary N) is 1.